The average molecular weight is 351 g/mol. The normalized spacial score (nSPS) is 15.1. The third-order valence-corrected chi connectivity index (χ3v) is 4.94. The van der Waals surface area contributed by atoms with Crippen LogP contribution in [0.25, 0.3) is 0 Å². The highest BCUT2D eigenvalue weighted by Crippen LogP contribution is 2.23. The minimum Gasteiger partial charge on any atom is -0.354 e. The molecule has 2 rings (SSSR count). The van der Waals surface area contributed by atoms with E-state index in [0.29, 0.717) is 24.7 Å². The number of nitrogens with zero attached hydrogens (tertiary/aromatic N) is 1. The van der Waals surface area contributed by atoms with E-state index < -0.39 is 0 Å². The van der Waals surface area contributed by atoms with Crippen molar-refractivity contribution in [2.24, 2.45) is 5.92 Å². The second kappa shape index (κ2) is 9.67. The van der Waals surface area contributed by atoms with Crippen LogP contribution in [0.1, 0.15) is 44.6 Å². The number of carbonyl (C=O) groups is 2. The molecular weight excluding hydrogens is 324 g/mol. The first-order valence-corrected chi connectivity index (χ1v) is 9.21. The zero-order valence-electron chi connectivity index (χ0n) is 14.4. The van der Waals surface area contributed by atoms with Crippen molar-refractivity contribution in [1.29, 1.82) is 0 Å². The number of carbonyl (C=O) groups excluding carboxylic acids is 2. The van der Waals surface area contributed by atoms with E-state index >= 15 is 0 Å². The molecule has 1 aliphatic carbocycles. The van der Waals surface area contributed by atoms with E-state index in [1.165, 1.54) is 6.42 Å². The molecule has 0 bridgehead atoms. The lowest BCUT2D eigenvalue weighted by molar-refractivity contribution is -0.130. The summed E-state index contributed by atoms with van der Waals surface area (Å²) in [5.74, 6) is 0.352. The summed E-state index contributed by atoms with van der Waals surface area (Å²) in [6.45, 7) is 3.30. The topological polar surface area (TPSA) is 49.4 Å². The maximum absolute atomic E-state index is 12.1. The van der Waals surface area contributed by atoms with Crippen LogP contribution < -0.4 is 5.32 Å². The summed E-state index contributed by atoms with van der Waals surface area (Å²) in [5, 5.41) is 3.71. The number of amides is 2. The predicted octanol–water partition coefficient (Wildman–Crippen LogP) is 3.43. The predicted molar refractivity (Wildman–Crippen MR) is 97.0 cm³/mol. The first-order chi connectivity index (χ1) is 11.6. The lowest BCUT2D eigenvalue weighted by Crippen LogP contribution is -2.40. The maximum atomic E-state index is 12.1. The highest BCUT2D eigenvalue weighted by atomic mass is 35.5. The Labute approximate surface area is 149 Å². The van der Waals surface area contributed by atoms with E-state index in [4.69, 9.17) is 11.6 Å². The second-order valence-electron chi connectivity index (χ2n) is 6.51. The van der Waals surface area contributed by atoms with Crippen molar-refractivity contribution in [3.63, 3.8) is 0 Å². The van der Waals surface area contributed by atoms with Crippen LogP contribution in [-0.4, -0.2) is 36.3 Å². The van der Waals surface area contributed by atoms with Gasteiger partial charge in [-0.1, -0.05) is 43.0 Å². The van der Waals surface area contributed by atoms with Crippen molar-refractivity contribution in [2.75, 3.05) is 19.6 Å². The molecule has 1 aromatic rings. The van der Waals surface area contributed by atoms with Gasteiger partial charge in [-0.05, 0) is 37.0 Å². The van der Waals surface area contributed by atoms with Crippen LogP contribution in [0, 0.1) is 5.92 Å². The molecule has 0 unspecified atom stereocenters. The molecular formula is C19H27ClN2O2. The molecule has 0 spiro atoms. The van der Waals surface area contributed by atoms with Crippen LogP contribution in [0.5, 0.6) is 0 Å². The fourth-order valence-electron chi connectivity index (χ4n) is 3.17. The number of hydrogen-bond acceptors (Lipinski definition) is 2. The zero-order valence-corrected chi connectivity index (χ0v) is 15.1. The van der Waals surface area contributed by atoms with Gasteiger partial charge in [0.25, 0.3) is 0 Å². The van der Waals surface area contributed by atoms with Gasteiger partial charge >= 0.3 is 0 Å². The SMILES string of the molecule is CC(=O)N(CCNC(=O)C1CCCCC1)CCc1ccc(Cl)cc1. The molecule has 5 heteroatoms. The van der Waals surface area contributed by atoms with Crippen molar-refractivity contribution >= 4 is 23.4 Å². The van der Waals surface area contributed by atoms with Gasteiger partial charge in [0.1, 0.15) is 0 Å². The van der Waals surface area contributed by atoms with E-state index in [-0.39, 0.29) is 17.7 Å². The van der Waals surface area contributed by atoms with Gasteiger partial charge in [0, 0.05) is 37.5 Å². The number of hydrogen-bond donors (Lipinski definition) is 1. The summed E-state index contributed by atoms with van der Waals surface area (Å²) in [4.78, 5) is 25.7. The Hall–Kier alpha value is -1.55. The molecule has 1 saturated carbocycles. The van der Waals surface area contributed by atoms with Crippen LogP contribution in [0.2, 0.25) is 5.02 Å². The van der Waals surface area contributed by atoms with Crippen molar-refractivity contribution in [2.45, 2.75) is 45.4 Å². The number of benzene rings is 1. The van der Waals surface area contributed by atoms with E-state index in [2.05, 4.69) is 5.32 Å². The first-order valence-electron chi connectivity index (χ1n) is 8.84. The van der Waals surface area contributed by atoms with Gasteiger partial charge in [-0.2, -0.15) is 0 Å². The summed E-state index contributed by atoms with van der Waals surface area (Å²) in [7, 11) is 0. The number of nitrogens with one attached hydrogen (secondary N) is 1. The maximum Gasteiger partial charge on any atom is 0.223 e. The third-order valence-electron chi connectivity index (χ3n) is 4.69. The minimum atomic E-state index is 0.0379. The molecule has 1 fully saturated rings. The molecule has 0 aromatic heterocycles. The standard InChI is InChI=1S/C19H27ClN2O2/c1-15(23)22(13-11-16-7-9-18(20)10-8-16)14-12-21-19(24)17-5-3-2-4-6-17/h7-10,17H,2-6,11-14H2,1H3,(H,21,24). The molecule has 132 valence electrons. The quantitative estimate of drug-likeness (QED) is 0.819. The summed E-state index contributed by atoms with van der Waals surface area (Å²) in [5.41, 5.74) is 1.15. The van der Waals surface area contributed by atoms with E-state index in [0.717, 1.165) is 37.7 Å². The molecule has 0 atom stereocenters. The molecule has 0 saturated heterocycles. The monoisotopic (exact) mass is 350 g/mol. The smallest absolute Gasteiger partial charge is 0.223 e. The Morgan fingerprint density at radius 2 is 1.79 bits per heavy atom. The van der Waals surface area contributed by atoms with Crippen LogP contribution in [-0.2, 0) is 16.0 Å². The number of halogens is 1. The molecule has 1 aromatic carbocycles. The Kier molecular flexibility index (Phi) is 7.57. The largest absolute Gasteiger partial charge is 0.354 e. The van der Waals surface area contributed by atoms with Gasteiger partial charge < -0.3 is 10.2 Å². The molecule has 0 aliphatic heterocycles. The van der Waals surface area contributed by atoms with Gasteiger partial charge in [-0.15, -0.1) is 0 Å². The third kappa shape index (κ3) is 6.16. The minimum absolute atomic E-state index is 0.0379. The number of rotatable bonds is 7. The highest BCUT2D eigenvalue weighted by molar-refractivity contribution is 6.30. The summed E-state index contributed by atoms with van der Waals surface area (Å²) in [6.07, 6.45) is 6.33. The van der Waals surface area contributed by atoms with Crippen LogP contribution in [0.3, 0.4) is 0 Å². The van der Waals surface area contributed by atoms with Crippen molar-refractivity contribution in [3.8, 4) is 0 Å². The van der Waals surface area contributed by atoms with Gasteiger partial charge in [0.2, 0.25) is 11.8 Å². The average Bonchev–Trinajstić information content (AvgIpc) is 2.59. The Morgan fingerprint density at radius 3 is 2.42 bits per heavy atom. The van der Waals surface area contributed by atoms with Gasteiger partial charge in [-0.25, -0.2) is 0 Å². The fraction of sp³-hybridized carbons (Fsp3) is 0.579. The lowest BCUT2D eigenvalue weighted by atomic mass is 9.89. The Bertz CT molecular complexity index is 539. The van der Waals surface area contributed by atoms with Crippen LogP contribution >= 0.6 is 11.6 Å². The Balaban J connectivity index is 1.73. The van der Waals surface area contributed by atoms with Crippen LogP contribution in [0.4, 0.5) is 0 Å². The summed E-state index contributed by atoms with van der Waals surface area (Å²) < 4.78 is 0. The molecule has 0 radical (unpaired) electrons. The molecule has 24 heavy (non-hydrogen) atoms. The summed E-state index contributed by atoms with van der Waals surface area (Å²) in [6, 6.07) is 7.68. The van der Waals surface area contributed by atoms with Crippen LogP contribution in [0.15, 0.2) is 24.3 Å². The van der Waals surface area contributed by atoms with Crippen molar-refractivity contribution in [1.82, 2.24) is 10.2 Å². The van der Waals surface area contributed by atoms with Gasteiger partial charge in [0.05, 0.1) is 0 Å². The fourth-order valence-corrected chi connectivity index (χ4v) is 3.29. The Morgan fingerprint density at radius 1 is 1.12 bits per heavy atom. The molecule has 1 aliphatic rings. The van der Waals surface area contributed by atoms with Gasteiger partial charge in [0.15, 0.2) is 0 Å². The van der Waals surface area contributed by atoms with E-state index in [9.17, 15) is 9.59 Å². The second-order valence-corrected chi connectivity index (χ2v) is 6.94. The molecule has 4 nitrogen and oxygen atoms in total. The lowest BCUT2D eigenvalue weighted by Gasteiger charge is -2.24. The van der Waals surface area contributed by atoms with Gasteiger partial charge in [-0.3, -0.25) is 9.59 Å². The zero-order chi connectivity index (χ0) is 17.4. The molecule has 0 heterocycles. The highest BCUT2D eigenvalue weighted by Gasteiger charge is 2.20. The van der Waals surface area contributed by atoms with Crippen molar-refractivity contribution in [3.05, 3.63) is 34.9 Å². The van der Waals surface area contributed by atoms with E-state index in [1.54, 1.807) is 11.8 Å². The molecule has 2 amide bonds. The van der Waals surface area contributed by atoms with Crippen molar-refractivity contribution < 1.29 is 9.59 Å². The first kappa shape index (κ1) is 18.8. The summed E-state index contributed by atoms with van der Waals surface area (Å²) >= 11 is 5.88. The van der Waals surface area contributed by atoms with E-state index in [1.807, 2.05) is 24.3 Å². The molecule has 1 N–H and O–H groups in total.